The van der Waals surface area contributed by atoms with Crippen LogP contribution in [0.2, 0.25) is 0 Å². The van der Waals surface area contributed by atoms with Crippen LogP contribution in [0, 0.1) is 0 Å². The highest BCUT2D eigenvalue weighted by Crippen LogP contribution is 2.06. The predicted octanol–water partition coefficient (Wildman–Crippen LogP) is 0.678. The van der Waals surface area contributed by atoms with Gasteiger partial charge in [0.05, 0.1) is 12.2 Å². The van der Waals surface area contributed by atoms with Gasteiger partial charge in [-0.05, 0) is 18.2 Å². The van der Waals surface area contributed by atoms with Crippen LogP contribution >= 0.6 is 0 Å². The number of nitrogens with two attached hydrogens (primary N) is 1. The van der Waals surface area contributed by atoms with Gasteiger partial charge >= 0.3 is 0 Å². The molecule has 0 bridgehead atoms. The lowest BCUT2D eigenvalue weighted by molar-refractivity contribution is 0.0995. The number of fused-ring (bicyclic) bond motifs is 1. The highest BCUT2D eigenvalue weighted by Gasteiger charge is 2.06. The van der Waals surface area contributed by atoms with Crippen molar-refractivity contribution in [1.29, 1.82) is 0 Å². The van der Waals surface area contributed by atoms with Crippen LogP contribution in [-0.2, 0) is 6.54 Å². The summed E-state index contributed by atoms with van der Waals surface area (Å²) in [7, 11) is 0. The Morgan fingerprint density at radius 1 is 1.28 bits per heavy atom. The lowest BCUT2D eigenvalue weighted by Crippen LogP contribution is -2.12. The number of carbonyl (C=O) groups excluding carboxylic acids is 1. The molecule has 3 rings (SSSR count). The molecule has 0 radical (unpaired) electrons. The summed E-state index contributed by atoms with van der Waals surface area (Å²) in [5, 5.41) is 4.07. The number of imidazole rings is 1. The van der Waals surface area contributed by atoms with Gasteiger partial charge in [-0.25, -0.2) is 4.98 Å². The van der Waals surface area contributed by atoms with Crippen LogP contribution in [-0.4, -0.2) is 25.1 Å². The van der Waals surface area contributed by atoms with Gasteiger partial charge in [0.1, 0.15) is 11.3 Å². The predicted molar refractivity (Wildman–Crippen MR) is 65.0 cm³/mol. The van der Waals surface area contributed by atoms with Crippen LogP contribution in [0.15, 0.2) is 42.9 Å². The molecule has 0 saturated carbocycles. The van der Waals surface area contributed by atoms with Crippen LogP contribution in [0.4, 0.5) is 0 Å². The maximum atomic E-state index is 10.9. The molecule has 90 valence electrons. The van der Waals surface area contributed by atoms with Crippen molar-refractivity contribution in [2.24, 2.45) is 5.73 Å². The Kier molecular flexibility index (Phi) is 2.33. The number of carbonyl (C=O) groups is 1. The minimum Gasteiger partial charge on any atom is -0.364 e. The molecule has 0 aliphatic carbocycles. The third kappa shape index (κ3) is 1.84. The first-order valence-corrected chi connectivity index (χ1v) is 5.48. The second kappa shape index (κ2) is 3.99. The molecule has 1 amide bonds. The Hall–Kier alpha value is -2.63. The Balaban J connectivity index is 1.88. The number of aromatic nitrogens is 4. The number of hydrogen-bond acceptors (Lipinski definition) is 3. The average molecular weight is 241 g/mol. The van der Waals surface area contributed by atoms with Gasteiger partial charge in [0.15, 0.2) is 0 Å². The topological polar surface area (TPSA) is 78.2 Å². The number of rotatable bonds is 3. The molecule has 0 aromatic carbocycles. The van der Waals surface area contributed by atoms with Gasteiger partial charge in [-0.1, -0.05) is 6.07 Å². The van der Waals surface area contributed by atoms with E-state index < -0.39 is 5.91 Å². The fraction of sp³-hybridized carbons (Fsp3) is 0.0833. The van der Waals surface area contributed by atoms with Gasteiger partial charge in [0.25, 0.3) is 5.91 Å². The van der Waals surface area contributed by atoms with E-state index in [2.05, 4.69) is 10.1 Å². The van der Waals surface area contributed by atoms with Gasteiger partial charge in [-0.3, -0.25) is 9.48 Å². The average Bonchev–Trinajstić information content (AvgIpc) is 2.94. The van der Waals surface area contributed by atoms with Crippen molar-refractivity contribution in [3.8, 4) is 0 Å². The van der Waals surface area contributed by atoms with Crippen LogP contribution in [0.5, 0.6) is 0 Å². The third-order valence-electron chi connectivity index (χ3n) is 2.63. The van der Waals surface area contributed by atoms with Gasteiger partial charge in [0.2, 0.25) is 0 Å². The molecule has 6 nitrogen and oxygen atoms in total. The van der Waals surface area contributed by atoms with Gasteiger partial charge in [-0.15, -0.1) is 0 Å². The Morgan fingerprint density at radius 3 is 2.89 bits per heavy atom. The highest BCUT2D eigenvalue weighted by molar-refractivity contribution is 5.90. The van der Waals surface area contributed by atoms with E-state index in [1.165, 1.54) is 0 Å². The molecule has 3 aromatic rings. The number of hydrogen-bond donors (Lipinski definition) is 1. The fourth-order valence-electron chi connectivity index (χ4n) is 1.81. The Labute approximate surface area is 103 Å². The van der Waals surface area contributed by atoms with Crippen molar-refractivity contribution < 1.29 is 4.79 Å². The third-order valence-corrected chi connectivity index (χ3v) is 2.63. The number of nitrogens with zero attached hydrogens (tertiary/aromatic N) is 4. The van der Waals surface area contributed by atoms with E-state index in [0.717, 1.165) is 11.3 Å². The summed E-state index contributed by atoms with van der Waals surface area (Å²) in [6.07, 6.45) is 5.58. The van der Waals surface area contributed by atoms with E-state index in [0.29, 0.717) is 6.54 Å². The van der Waals surface area contributed by atoms with Crippen LogP contribution < -0.4 is 5.73 Å². The number of pyridine rings is 1. The van der Waals surface area contributed by atoms with E-state index in [1.807, 2.05) is 35.0 Å². The summed E-state index contributed by atoms with van der Waals surface area (Å²) in [5.74, 6) is -0.524. The Morgan fingerprint density at radius 2 is 2.17 bits per heavy atom. The quantitative estimate of drug-likeness (QED) is 0.732. The Bertz CT molecular complexity index is 679. The summed E-state index contributed by atoms with van der Waals surface area (Å²) in [5.41, 5.74) is 7.17. The second-order valence-electron chi connectivity index (χ2n) is 3.96. The van der Waals surface area contributed by atoms with Crippen LogP contribution in [0.25, 0.3) is 5.65 Å². The molecule has 0 atom stereocenters. The van der Waals surface area contributed by atoms with Crippen molar-refractivity contribution >= 4 is 11.6 Å². The van der Waals surface area contributed by atoms with E-state index in [4.69, 9.17) is 5.73 Å². The van der Waals surface area contributed by atoms with Crippen molar-refractivity contribution in [3.05, 3.63) is 54.2 Å². The molecular weight excluding hydrogens is 230 g/mol. The normalized spacial score (nSPS) is 10.9. The van der Waals surface area contributed by atoms with E-state index >= 15 is 0 Å². The molecule has 6 heteroatoms. The minimum absolute atomic E-state index is 0.263. The molecule has 18 heavy (non-hydrogen) atoms. The first kappa shape index (κ1) is 10.5. The van der Waals surface area contributed by atoms with Gasteiger partial charge in [0, 0.05) is 18.6 Å². The van der Waals surface area contributed by atoms with Crippen LogP contribution in [0.3, 0.4) is 0 Å². The van der Waals surface area contributed by atoms with Crippen molar-refractivity contribution in [2.45, 2.75) is 6.54 Å². The molecule has 0 saturated heterocycles. The molecule has 0 spiro atoms. The molecule has 0 aliphatic rings. The van der Waals surface area contributed by atoms with E-state index in [9.17, 15) is 4.79 Å². The molecular formula is C12H11N5O. The first-order chi connectivity index (χ1) is 8.72. The largest absolute Gasteiger partial charge is 0.364 e. The monoisotopic (exact) mass is 241 g/mol. The lowest BCUT2D eigenvalue weighted by Gasteiger charge is -1.96. The summed E-state index contributed by atoms with van der Waals surface area (Å²) in [6.45, 7) is 0.509. The summed E-state index contributed by atoms with van der Waals surface area (Å²) >= 11 is 0. The van der Waals surface area contributed by atoms with Gasteiger partial charge in [-0.2, -0.15) is 5.10 Å². The molecule has 3 heterocycles. The number of amides is 1. The smallest absolute Gasteiger partial charge is 0.269 e. The first-order valence-electron chi connectivity index (χ1n) is 5.48. The summed E-state index contributed by atoms with van der Waals surface area (Å²) < 4.78 is 3.58. The zero-order valence-electron chi connectivity index (χ0n) is 9.52. The molecule has 0 fully saturated rings. The van der Waals surface area contributed by atoms with Gasteiger partial charge < -0.3 is 10.1 Å². The molecule has 2 N–H and O–H groups in total. The minimum atomic E-state index is -0.524. The summed E-state index contributed by atoms with van der Waals surface area (Å²) in [4.78, 5) is 15.4. The number of primary amides is 1. The van der Waals surface area contributed by atoms with Crippen molar-refractivity contribution in [1.82, 2.24) is 19.2 Å². The molecule has 0 aliphatic heterocycles. The van der Waals surface area contributed by atoms with Crippen molar-refractivity contribution in [2.75, 3.05) is 0 Å². The SMILES string of the molecule is NC(=O)c1ccn(Cc2cn3ccccc3n2)n1. The zero-order chi connectivity index (χ0) is 12.5. The van der Waals surface area contributed by atoms with Crippen molar-refractivity contribution in [3.63, 3.8) is 0 Å². The van der Waals surface area contributed by atoms with Crippen LogP contribution in [0.1, 0.15) is 16.2 Å². The molecule has 3 aromatic heterocycles. The highest BCUT2D eigenvalue weighted by atomic mass is 16.1. The standard InChI is InChI=1S/C12H11N5O/c13-12(18)10-4-6-17(15-10)8-9-7-16-5-2-1-3-11(16)14-9/h1-7H,8H2,(H2,13,18). The maximum absolute atomic E-state index is 10.9. The second-order valence-corrected chi connectivity index (χ2v) is 3.96. The fourth-order valence-corrected chi connectivity index (χ4v) is 1.81. The maximum Gasteiger partial charge on any atom is 0.269 e. The van der Waals surface area contributed by atoms with E-state index in [-0.39, 0.29) is 5.69 Å². The molecule has 0 unspecified atom stereocenters. The summed E-state index contributed by atoms with van der Waals surface area (Å²) in [6, 6.07) is 7.41. The zero-order valence-corrected chi connectivity index (χ0v) is 9.52. The lowest BCUT2D eigenvalue weighted by atomic mass is 10.4. The van der Waals surface area contributed by atoms with E-state index in [1.54, 1.807) is 16.9 Å².